The molecular formula is C51H69N9O30. The standard InChI is InChI=1S/C19H27N3O10.C17H23N3O10.C15H19N3O10/c1-28-12-22-18(26)20(6-2-4-15(23)31-10-13-8-29-13)17(25)21(19(22)27)7-3-5-16(24)32-11-14-9-30-14;1-26-10-20-16(24)18(4-2-13(21)29-8-11-6-27-11)15(23)19(17(20)25)5-3-14(22)30-9-12-7-28-12;1-24-8-18-14(22)16(2-11(19)27-6-9-4-25-9)13(21)17(15(18)23)3-12(20)28-7-10-5-26-10/h13-14H,2-12H2,1H3;11-12H,2-10H2,1H3;9-10H,2-8H2,1H3. The molecule has 0 aromatic carbocycles. The molecular weight excluding hydrogens is 1220 g/mol. The third-order valence-electron chi connectivity index (χ3n) is 13.1. The molecule has 3 aromatic rings. The largest absolute Gasteiger partial charge is 0.463 e. The van der Waals surface area contributed by atoms with Crippen LogP contribution in [0.5, 0.6) is 0 Å². The van der Waals surface area contributed by atoms with E-state index in [1.807, 2.05) is 0 Å². The molecule has 6 saturated heterocycles. The molecule has 6 atom stereocenters. The lowest BCUT2D eigenvalue weighted by atomic mass is 10.3. The Bertz CT molecular complexity index is 3390. The molecule has 39 nitrogen and oxygen atoms in total. The summed E-state index contributed by atoms with van der Waals surface area (Å²) in [7, 11) is 3.82. The van der Waals surface area contributed by atoms with Gasteiger partial charge in [-0.25, -0.2) is 84.3 Å². The first-order valence-corrected chi connectivity index (χ1v) is 28.1. The number of ether oxygens (including phenoxy) is 15. The minimum absolute atomic E-state index is 0.00144. The van der Waals surface area contributed by atoms with Crippen molar-refractivity contribution >= 4 is 35.8 Å². The molecule has 39 heteroatoms. The second-order valence-electron chi connectivity index (χ2n) is 20.4. The molecule has 6 fully saturated rings. The van der Waals surface area contributed by atoms with E-state index in [-0.39, 0.29) is 148 Å². The average molecular weight is 1290 g/mol. The molecule has 0 spiro atoms. The number of esters is 6. The molecule has 6 unspecified atom stereocenters. The third kappa shape index (κ3) is 21.7. The Balaban J connectivity index is 0.000000192. The van der Waals surface area contributed by atoms with Gasteiger partial charge in [0, 0.05) is 60.4 Å². The van der Waals surface area contributed by atoms with Crippen LogP contribution in [0.25, 0.3) is 0 Å². The van der Waals surface area contributed by atoms with Gasteiger partial charge in [-0.3, -0.25) is 28.8 Å². The Labute approximate surface area is 505 Å². The molecule has 0 N–H and O–H groups in total. The van der Waals surface area contributed by atoms with Crippen molar-refractivity contribution in [2.75, 3.05) is 101 Å². The van der Waals surface area contributed by atoms with Crippen LogP contribution in [0.3, 0.4) is 0 Å². The van der Waals surface area contributed by atoms with Crippen LogP contribution >= 0.6 is 0 Å². The van der Waals surface area contributed by atoms with Gasteiger partial charge in [-0.15, -0.1) is 0 Å². The first kappa shape index (κ1) is 69.2. The lowest BCUT2D eigenvalue weighted by Gasteiger charge is -2.13. The summed E-state index contributed by atoms with van der Waals surface area (Å²) in [6.45, 7) is 0.221. The lowest BCUT2D eigenvalue weighted by Crippen LogP contribution is -2.56. The van der Waals surface area contributed by atoms with E-state index < -0.39 is 114 Å². The molecule has 90 heavy (non-hydrogen) atoms. The normalized spacial score (nSPS) is 19.4. The van der Waals surface area contributed by atoms with Crippen molar-refractivity contribution in [1.82, 2.24) is 41.1 Å². The summed E-state index contributed by atoms with van der Waals surface area (Å²) in [5.41, 5.74) is -8.52. The van der Waals surface area contributed by atoms with Crippen LogP contribution < -0.4 is 51.2 Å². The van der Waals surface area contributed by atoms with Crippen LogP contribution in [0, 0.1) is 0 Å². The lowest BCUT2D eigenvalue weighted by molar-refractivity contribution is -0.146. The summed E-state index contributed by atoms with van der Waals surface area (Å²) < 4.78 is 80.2. The summed E-state index contributed by atoms with van der Waals surface area (Å²) in [4.78, 5) is 184. The van der Waals surface area contributed by atoms with Crippen LogP contribution in [0.15, 0.2) is 43.2 Å². The third-order valence-corrected chi connectivity index (χ3v) is 13.1. The highest BCUT2D eigenvalue weighted by Gasteiger charge is 2.30. The van der Waals surface area contributed by atoms with Crippen LogP contribution in [0.4, 0.5) is 0 Å². The number of hydrogen-bond donors (Lipinski definition) is 0. The number of nitrogens with zero attached hydrogens (tertiary/aromatic N) is 9. The molecule has 9 rings (SSSR count). The molecule has 9 heterocycles. The summed E-state index contributed by atoms with van der Waals surface area (Å²) in [5.74, 6) is -3.88. The van der Waals surface area contributed by atoms with E-state index in [1.165, 1.54) is 21.3 Å². The van der Waals surface area contributed by atoms with Crippen LogP contribution in [-0.2, 0) is 159 Å². The van der Waals surface area contributed by atoms with Gasteiger partial charge in [0.2, 0.25) is 0 Å². The number of carbonyl (C=O) groups is 6. The van der Waals surface area contributed by atoms with Gasteiger partial charge in [-0.1, -0.05) is 0 Å². The SMILES string of the molecule is COCn1c(=O)n(CC(=O)OCC2CO2)c(=O)n(CC(=O)OCC2CO2)c1=O.COCn1c(=O)n(CCC(=O)OCC2CO2)c(=O)n(CCC(=O)OCC2CO2)c1=O.COCn1c(=O)n(CCCC(=O)OCC2CO2)c(=O)n(CCCC(=O)OCC2CO2)c1=O. The number of rotatable bonds is 36. The fourth-order valence-corrected chi connectivity index (χ4v) is 7.71. The summed E-state index contributed by atoms with van der Waals surface area (Å²) >= 11 is 0. The Morgan fingerprint density at radius 1 is 0.300 bits per heavy atom. The van der Waals surface area contributed by atoms with E-state index in [9.17, 15) is 71.9 Å². The van der Waals surface area contributed by atoms with Gasteiger partial charge in [0.25, 0.3) is 0 Å². The zero-order valence-corrected chi connectivity index (χ0v) is 49.3. The molecule has 6 aliphatic heterocycles. The Morgan fingerprint density at radius 2 is 0.500 bits per heavy atom. The first-order valence-electron chi connectivity index (χ1n) is 28.1. The van der Waals surface area contributed by atoms with E-state index in [0.717, 1.165) is 22.8 Å². The topological polar surface area (TPSA) is 459 Å². The monoisotopic (exact) mass is 1290 g/mol. The predicted octanol–water partition coefficient (Wildman–Crippen LogP) is -7.68. The van der Waals surface area contributed by atoms with Gasteiger partial charge in [0.15, 0.2) is 0 Å². The molecule has 498 valence electrons. The van der Waals surface area contributed by atoms with Gasteiger partial charge in [0.1, 0.15) is 110 Å². The van der Waals surface area contributed by atoms with Crippen LogP contribution in [-0.4, -0.2) is 214 Å². The van der Waals surface area contributed by atoms with Crippen molar-refractivity contribution in [2.24, 2.45) is 0 Å². The van der Waals surface area contributed by atoms with Crippen LogP contribution in [0.1, 0.15) is 38.5 Å². The molecule has 0 amide bonds. The minimum Gasteiger partial charge on any atom is -0.463 e. The van der Waals surface area contributed by atoms with Crippen molar-refractivity contribution in [3.8, 4) is 0 Å². The van der Waals surface area contributed by atoms with E-state index in [4.69, 9.17) is 71.1 Å². The van der Waals surface area contributed by atoms with E-state index in [0.29, 0.717) is 57.9 Å². The zero-order valence-electron chi connectivity index (χ0n) is 49.3. The number of carbonyl (C=O) groups excluding carboxylic acids is 6. The number of hydrogen-bond acceptors (Lipinski definition) is 30. The second kappa shape index (κ2) is 33.5. The highest BCUT2D eigenvalue weighted by Crippen LogP contribution is 2.13. The van der Waals surface area contributed by atoms with Crippen molar-refractivity contribution in [3.05, 3.63) is 94.4 Å². The Hall–Kier alpha value is -8.31. The summed E-state index contributed by atoms with van der Waals surface area (Å²) in [6.07, 6.45) is -0.872. The van der Waals surface area contributed by atoms with E-state index >= 15 is 0 Å². The highest BCUT2D eigenvalue weighted by molar-refractivity contribution is 5.71. The summed E-state index contributed by atoms with van der Waals surface area (Å²) in [5, 5.41) is 0. The maximum atomic E-state index is 12.8. The molecule has 0 bridgehead atoms. The fourth-order valence-electron chi connectivity index (χ4n) is 7.71. The molecule has 6 aliphatic rings. The quantitative estimate of drug-likeness (QED) is 0.0296. The van der Waals surface area contributed by atoms with Crippen LogP contribution in [0.2, 0.25) is 0 Å². The zero-order chi connectivity index (χ0) is 65.0. The predicted molar refractivity (Wildman–Crippen MR) is 291 cm³/mol. The average Bonchev–Trinajstić information content (AvgIpc) is 1.16. The number of aromatic nitrogens is 9. The first-order chi connectivity index (χ1) is 43.2. The molecule has 0 saturated carbocycles. The second-order valence-corrected chi connectivity index (χ2v) is 20.4. The fraction of sp³-hybridized carbons (Fsp3) is 0.706. The van der Waals surface area contributed by atoms with Gasteiger partial charge >= 0.3 is 87.0 Å². The summed E-state index contributed by atoms with van der Waals surface area (Å²) in [6, 6.07) is 0. The van der Waals surface area contributed by atoms with E-state index in [2.05, 4.69) is 0 Å². The Morgan fingerprint density at radius 3 is 0.744 bits per heavy atom. The van der Waals surface area contributed by atoms with Gasteiger partial charge in [0.05, 0.1) is 52.5 Å². The maximum absolute atomic E-state index is 12.8. The Kier molecular flexibility index (Phi) is 25.7. The molecule has 0 aliphatic carbocycles. The molecule has 0 radical (unpaired) electrons. The van der Waals surface area contributed by atoms with Gasteiger partial charge < -0.3 is 71.1 Å². The smallest absolute Gasteiger partial charge is 0.338 e. The number of epoxide rings is 6. The van der Waals surface area contributed by atoms with Crippen molar-refractivity contribution < 1.29 is 99.8 Å². The van der Waals surface area contributed by atoms with Gasteiger partial charge in [-0.05, 0) is 12.8 Å². The molecule has 3 aromatic heterocycles. The minimum atomic E-state index is -1.14. The number of methoxy groups -OCH3 is 3. The highest BCUT2D eigenvalue weighted by atomic mass is 16.6. The van der Waals surface area contributed by atoms with E-state index in [1.54, 1.807) is 0 Å². The van der Waals surface area contributed by atoms with Crippen molar-refractivity contribution in [1.29, 1.82) is 0 Å². The van der Waals surface area contributed by atoms with Crippen molar-refractivity contribution in [3.63, 3.8) is 0 Å². The van der Waals surface area contributed by atoms with Gasteiger partial charge in [-0.2, -0.15) is 0 Å². The van der Waals surface area contributed by atoms with Crippen molar-refractivity contribution in [2.45, 2.75) is 135 Å². The maximum Gasteiger partial charge on any atom is 0.338 e.